The maximum Gasteiger partial charge on any atom is 0.313 e. The third-order valence-corrected chi connectivity index (χ3v) is 3.62. The van der Waals surface area contributed by atoms with Gasteiger partial charge in [-0.3, -0.25) is 4.79 Å². The molecule has 1 aliphatic rings. The van der Waals surface area contributed by atoms with Gasteiger partial charge in [0.2, 0.25) is 0 Å². The minimum Gasteiger partial charge on any atom is -0.481 e. The molecule has 0 saturated carbocycles. The Balaban J connectivity index is 2.33. The minimum atomic E-state index is -0.806. The van der Waals surface area contributed by atoms with Crippen LogP contribution in [0.15, 0.2) is 24.3 Å². The van der Waals surface area contributed by atoms with Crippen molar-refractivity contribution in [3.63, 3.8) is 0 Å². The number of ether oxygens (including phenoxy) is 1. The lowest BCUT2D eigenvalue weighted by molar-refractivity contribution is -0.146. The Morgan fingerprint density at radius 1 is 1.47 bits per heavy atom. The van der Waals surface area contributed by atoms with Gasteiger partial charge in [0.1, 0.15) is 0 Å². The highest BCUT2D eigenvalue weighted by molar-refractivity contribution is 5.81. The molecule has 1 atom stereocenters. The van der Waals surface area contributed by atoms with E-state index in [1.54, 1.807) is 0 Å². The molecule has 1 aromatic rings. The Hall–Kier alpha value is -1.35. The van der Waals surface area contributed by atoms with Gasteiger partial charge in [0.05, 0.1) is 18.6 Å². The summed E-state index contributed by atoms with van der Waals surface area (Å²) in [5, 5.41) is 9.54. The van der Waals surface area contributed by atoms with E-state index >= 15 is 0 Å². The van der Waals surface area contributed by atoms with Gasteiger partial charge in [-0.15, -0.1) is 0 Å². The summed E-state index contributed by atoms with van der Waals surface area (Å²) in [5.41, 5.74) is 1.15. The van der Waals surface area contributed by atoms with Crippen molar-refractivity contribution >= 4 is 5.97 Å². The number of benzene rings is 1. The Labute approximate surface area is 101 Å². The fraction of sp³-hybridized carbons (Fsp3) is 0.500. The molecule has 1 aliphatic heterocycles. The van der Waals surface area contributed by atoms with Crippen LogP contribution in [0.4, 0.5) is 0 Å². The fourth-order valence-corrected chi connectivity index (χ4v) is 2.48. The van der Waals surface area contributed by atoms with Crippen molar-refractivity contribution in [3.05, 3.63) is 35.4 Å². The Kier molecular flexibility index (Phi) is 3.20. The Bertz CT molecular complexity index is 423. The van der Waals surface area contributed by atoms with E-state index in [-0.39, 0.29) is 0 Å². The van der Waals surface area contributed by atoms with E-state index < -0.39 is 11.4 Å². The van der Waals surface area contributed by atoms with E-state index in [1.807, 2.05) is 38.1 Å². The monoisotopic (exact) mass is 234 g/mol. The molecular formula is C14H18O3. The second kappa shape index (κ2) is 4.49. The van der Waals surface area contributed by atoms with Crippen LogP contribution < -0.4 is 0 Å². The van der Waals surface area contributed by atoms with Crippen molar-refractivity contribution in [2.24, 2.45) is 5.92 Å². The molecule has 92 valence electrons. The number of aryl methyl sites for hydroxylation is 1. The zero-order chi connectivity index (χ0) is 12.5. The molecule has 1 heterocycles. The molecule has 1 saturated heterocycles. The number of carbonyl (C=O) groups is 1. The summed E-state index contributed by atoms with van der Waals surface area (Å²) in [4.78, 5) is 11.6. The van der Waals surface area contributed by atoms with Crippen LogP contribution >= 0.6 is 0 Å². The summed E-state index contributed by atoms with van der Waals surface area (Å²) in [6.07, 6.45) is 0.646. The van der Waals surface area contributed by atoms with Crippen LogP contribution in [0.2, 0.25) is 0 Å². The Morgan fingerprint density at radius 3 is 2.59 bits per heavy atom. The van der Waals surface area contributed by atoms with Gasteiger partial charge in [-0.05, 0) is 31.4 Å². The van der Waals surface area contributed by atoms with E-state index in [4.69, 9.17) is 4.74 Å². The number of hydrogen-bond acceptors (Lipinski definition) is 2. The van der Waals surface area contributed by atoms with Crippen molar-refractivity contribution < 1.29 is 14.6 Å². The molecule has 3 nitrogen and oxygen atoms in total. The number of rotatable bonds is 4. The predicted octanol–water partition coefficient (Wildman–Crippen LogP) is 2.37. The van der Waals surface area contributed by atoms with Crippen LogP contribution in [0, 0.1) is 12.8 Å². The number of hydrogen-bond donors (Lipinski definition) is 1. The van der Waals surface area contributed by atoms with E-state index in [0.29, 0.717) is 25.6 Å². The van der Waals surface area contributed by atoms with E-state index in [1.165, 1.54) is 0 Å². The van der Waals surface area contributed by atoms with Crippen molar-refractivity contribution in [3.8, 4) is 0 Å². The highest BCUT2D eigenvalue weighted by atomic mass is 16.5. The smallest absolute Gasteiger partial charge is 0.313 e. The van der Waals surface area contributed by atoms with Gasteiger partial charge in [-0.25, -0.2) is 0 Å². The van der Waals surface area contributed by atoms with Crippen molar-refractivity contribution in [2.75, 3.05) is 13.2 Å². The first-order valence-corrected chi connectivity index (χ1v) is 5.91. The average Bonchev–Trinajstić information content (AvgIpc) is 2.23. The van der Waals surface area contributed by atoms with Crippen LogP contribution in [0.25, 0.3) is 0 Å². The van der Waals surface area contributed by atoms with Gasteiger partial charge in [-0.2, -0.15) is 0 Å². The van der Waals surface area contributed by atoms with E-state index in [0.717, 1.165) is 11.1 Å². The lowest BCUT2D eigenvalue weighted by atomic mass is 9.73. The third-order valence-electron chi connectivity index (χ3n) is 3.62. The van der Waals surface area contributed by atoms with Crippen LogP contribution in [0.1, 0.15) is 24.5 Å². The summed E-state index contributed by atoms with van der Waals surface area (Å²) in [7, 11) is 0. The topological polar surface area (TPSA) is 46.5 Å². The van der Waals surface area contributed by atoms with Crippen LogP contribution in [0.3, 0.4) is 0 Å². The van der Waals surface area contributed by atoms with Crippen LogP contribution in [-0.4, -0.2) is 24.3 Å². The molecule has 0 spiro atoms. The molecule has 17 heavy (non-hydrogen) atoms. The molecule has 1 N–H and O–H groups in total. The predicted molar refractivity (Wildman–Crippen MR) is 65.1 cm³/mol. The molecule has 0 aromatic heterocycles. The molecule has 0 bridgehead atoms. The standard InChI is InChI=1S/C14H18O3/c1-10-5-3-4-6-12(10)14(2,13(15)16)7-11-8-17-9-11/h3-6,11H,7-9H2,1-2H3,(H,15,16). The highest BCUT2D eigenvalue weighted by Crippen LogP contribution is 2.35. The van der Waals surface area contributed by atoms with Gasteiger partial charge >= 0.3 is 5.97 Å². The second-order valence-corrected chi connectivity index (χ2v) is 5.06. The van der Waals surface area contributed by atoms with Gasteiger partial charge in [0.25, 0.3) is 0 Å². The van der Waals surface area contributed by atoms with Gasteiger partial charge < -0.3 is 9.84 Å². The Morgan fingerprint density at radius 2 is 2.12 bits per heavy atom. The molecular weight excluding hydrogens is 216 g/mol. The van der Waals surface area contributed by atoms with Crippen molar-refractivity contribution in [1.82, 2.24) is 0 Å². The van der Waals surface area contributed by atoms with Crippen LogP contribution in [-0.2, 0) is 14.9 Å². The molecule has 0 radical (unpaired) electrons. The molecule has 0 amide bonds. The summed E-state index contributed by atoms with van der Waals surface area (Å²) >= 11 is 0. The highest BCUT2D eigenvalue weighted by Gasteiger charge is 2.40. The molecule has 1 aromatic carbocycles. The number of carboxylic acid groups (broad SMARTS) is 1. The van der Waals surface area contributed by atoms with Crippen LogP contribution in [0.5, 0.6) is 0 Å². The lowest BCUT2D eigenvalue weighted by Crippen LogP contribution is -2.40. The normalized spacial score (nSPS) is 19.4. The van der Waals surface area contributed by atoms with Gasteiger partial charge in [-0.1, -0.05) is 24.3 Å². The summed E-state index contributed by atoms with van der Waals surface area (Å²) in [6.45, 7) is 5.16. The SMILES string of the molecule is Cc1ccccc1C(C)(CC1COC1)C(=O)O. The van der Waals surface area contributed by atoms with Crippen molar-refractivity contribution in [2.45, 2.75) is 25.7 Å². The summed E-state index contributed by atoms with van der Waals surface area (Å²) in [5.74, 6) is -0.380. The molecule has 1 unspecified atom stereocenters. The molecule has 2 rings (SSSR count). The van der Waals surface area contributed by atoms with Gasteiger partial charge in [0.15, 0.2) is 0 Å². The van der Waals surface area contributed by atoms with E-state index in [9.17, 15) is 9.90 Å². The van der Waals surface area contributed by atoms with Crippen molar-refractivity contribution in [1.29, 1.82) is 0 Å². The quantitative estimate of drug-likeness (QED) is 0.870. The third kappa shape index (κ3) is 2.20. The second-order valence-electron chi connectivity index (χ2n) is 5.06. The fourth-order valence-electron chi connectivity index (χ4n) is 2.48. The molecule has 3 heteroatoms. The zero-order valence-electron chi connectivity index (χ0n) is 10.3. The first-order valence-electron chi connectivity index (χ1n) is 5.91. The largest absolute Gasteiger partial charge is 0.481 e. The number of carboxylic acids is 1. The maximum absolute atomic E-state index is 11.6. The molecule has 0 aliphatic carbocycles. The van der Waals surface area contributed by atoms with E-state index in [2.05, 4.69) is 0 Å². The number of aliphatic carboxylic acids is 1. The first kappa shape index (κ1) is 12.1. The summed E-state index contributed by atoms with van der Waals surface area (Å²) < 4.78 is 5.13. The van der Waals surface area contributed by atoms with Gasteiger partial charge in [0, 0.05) is 5.92 Å². The first-order chi connectivity index (χ1) is 8.04. The zero-order valence-corrected chi connectivity index (χ0v) is 10.3. The minimum absolute atomic E-state index is 0.371. The summed E-state index contributed by atoms with van der Waals surface area (Å²) in [6, 6.07) is 7.73. The average molecular weight is 234 g/mol. The molecule has 1 fully saturated rings. The lowest BCUT2D eigenvalue weighted by Gasteiger charge is -2.35. The maximum atomic E-state index is 11.6.